The Bertz CT molecular complexity index is 1200. The summed E-state index contributed by atoms with van der Waals surface area (Å²) in [5, 5.41) is -0.0882. The smallest absolute Gasteiger partial charge is 0.332 e. The molecular formula is C17H24ClN5O5S. The van der Waals surface area contributed by atoms with Crippen LogP contribution in [0.3, 0.4) is 0 Å². The van der Waals surface area contributed by atoms with Gasteiger partial charge in [-0.1, -0.05) is 6.92 Å². The van der Waals surface area contributed by atoms with Crippen LogP contribution >= 0.6 is 11.6 Å². The molecule has 0 radical (unpaired) electrons. The number of aromatic nitrogens is 4. The number of sulfone groups is 1. The second kappa shape index (κ2) is 7.60. The zero-order valence-corrected chi connectivity index (χ0v) is 18.3. The topological polar surface area (TPSA) is 116 Å². The van der Waals surface area contributed by atoms with E-state index in [-0.39, 0.29) is 46.4 Å². The van der Waals surface area contributed by atoms with Crippen LogP contribution in [0.4, 0.5) is 0 Å². The lowest BCUT2D eigenvalue weighted by molar-refractivity contribution is -0.136. The molecule has 2 atom stereocenters. The molecule has 3 heterocycles. The molecule has 1 aliphatic heterocycles. The Morgan fingerprint density at radius 1 is 1.31 bits per heavy atom. The molecule has 0 saturated carbocycles. The lowest BCUT2D eigenvalue weighted by Crippen LogP contribution is -2.48. The quantitative estimate of drug-likeness (QED) is 0.593. The number of carbonyl (C=O) groups is 1. The maximum Gasteiger partial charge on any atom is 0.332 e. The summed E-state index contributed by atoms with van der Waals surface area (Å²) in [5.41, 5.74) is -1.01. The molecule has 0 unspecified atom stereocenters. The van der Waals surface area contributed by atoms with Crippen molar-refractivity contribution in [2.24, 2.45) is 14.1 Å². The van der Waals surface area contributed by atoms with Crippen molar-refractivity contribution in [2.45, 2.75) is 45.3 Å². The Morgan fingerprint density at radius 2 is 1.97 bits per heavy atom. The largest absolute Gasteiger partial charge is 0.334 e. The Labute approximate surface area is 172 Å². The van der Waals surface area contributed by atoms with Crippen LogP contribution in [0.15, 0.2) is 9.59 Å². The van der Waals surface area contributed by atoms with Crippen molar-refractivity contribution in [1.29, 1.82) is 0 Å². The summed E-state index contributed by atoms with van der Waals surface area (Å²) in [4.78, 5) is 43.6. The van der Waals surface area contributed by atoms with Crippen LogP contribution in [-0.4, -0.2) is 61.5 Å². The first-order chi connectivity index (χ1) is 13.5. The molecule has 2 aromatic heterocycles. The number of fused-ring (bicyclic) bond motifs is 1. The van der Waals surface area contributed by atoms with Gasteiger partial charge < -0.3 is 4.90 Å². The lowest BCUT2D eigenvalue weighted by atomic mass is 10.1. The van der Waals surface area contributed by atoms with E-state index in [1.807, 2.05) is 13.8 Å². The fraction of sp³-hybridized carbons (Fsp3) is 0.647. The maximum absolute atomic E-state index is 13.2. The molecule has 160 valence electrons. The van der Waals surface area contributed by atoms with Crippen LogP contribution in [0.25, 0.3) is 11.2 Å². The van der Waals surface area contributed by atoms with Gasteiger partial charge in [0.2, 0.25) is 11.2 Å². The van der Waals surface area contributed by atoms with E-state index in [4.69, 9.17) is 11.6 Å². The summed E-state index contributed by atoms with van der Waals surface area (Å²) < 4.78 is 27.3. The zero-order valence-electron chi connectivity index (χ0n) is 16.8. The molecule has 0 bridgehead atoms. The number of carbonyl (C=O) groups excluding carboxylic acids is 1. The molecule has 0 spiro atoms. The van der Waals surface area contributed by atoms with E-state index in [2.05, 4.69) is 4.98 Å². The van der Waals surface area contributed by atoms with Gasteiger partial charge in [0.15, 0.2) is 21.0 Å². The van der Waals surface area contributed by atoms with Gasteiger partial charge in [0.25, 0.3) is 5.56 Å². The molecule has 2 aromatic rings. The van der Waals surface area contributed by atoms with Crippen molar-refractivity contribution < 1.29 is 13.2 Å². The second-order valence-electron chi connectivity index (χ2n) is 7.46. The Kier molecular flexibility index (Phi) is 5.65. The summed E-state index contributed by atoms with van der Waals surface area (Å²) in [6, 6.07) is -0.593. The molecular weight excluding hydrogens is 422 g/mol. The molecule has 1 aliphatic rings. The summed E-state index contributed by atoms with van der Waals surface area (Å²) in [6.07, 6.45) is 1.03. The van der Waals surface area contributed by atoms with E-state index in [1.54, 1.807) is 4.90 Å². The van der Waals surface area contributed by atoms with Gasteiger partial charge in [0.1, 0.15) is 6.54 Å². The summed E-state index contributed by atoms with van der Waals surface area (Å²) in [7, 11) is -0.368. The average Bonchev–Trinajstić information content (AvgIpc) is 3.17. The minimum absolute atomic E-state index is 0.0509. The van der Waals surface area contributed by atoms with E-state index in [9.17, 15) is 22.8 Å². The van der Waals surface area contributed by atoms with E-state index < -0.39 is 27.1 Å². The normalized spacial score (nSPS) is 19.6. The van der Waals surface area contributed by atoms with Crippen molar-refractivity contribution >= 4 is 38.5 Å². The second-order valence-corrected chi connectivity index (χ2v) is 10.0. The van der Waals surface area contributed by atoms with Crippen molar-refractivity contribution in [2.75, 3.05) is 11.5 Å². The molecule has 0 aromatic carbocycles. The summed E-state index contributed by atoms with van der Waals surface area (Å²) in [6.45, 7) is 3.50. The van der Waals surface area contributed by atoms with Crippen LogP contribution in [0, 0.1) is 0 Å². The molecule has 1 saturated heterocycles. The van der Waals surface area contributed by atoms with Gasteiger partial charge in [-0.3, -0.25) is 23.3 Å². The first-order valence-electron chi connectivity index (χ1n) is 9.31. The molecule has 0 N–H and O–H groups in total. The number of aryl methyl sites for hydroxylation is 1. The van der Waals surface area contributed by atoms with Crippen molar-refractivity contribution in [1.82, 2.24) is 23.6 Å². The monoisotopic (exact) mass is 445 g/mol. The number of nitrogens with zero attached hydrogens (tertiary/aromatic N) is 5. The number of rotatable bonds is 5. The summed E-state index contributed by atoms with van der Waals surface area (Å²) >= 11 is 6.21. The Balaban J connectivity index is 2.05. The van der Waals surface area contributed by atoms with Gasteiger partial charge in [-0.05, 0) is 31.4 Å². The molecule has 3 rings (SSSR count). The number of hydrogen-bond acceptors (Lipinski definition) is 6. The van der Waals surface area contributed by atoms with Crippen molar-refractivity contribution in [3.05, 3.63) is 26.1 Å². The molecule has 10 nitrogen and oxygen atoms in total. The Hall–Kier alpha value is -2.14. The number of hydrogen-bond donors (Lipinski definition) is 0. The standard InChI is InChI=1S/C17H24ClN5O5S/c1-5-10(2)23(11-6-7-29(27,28)9-11)12(24)8-22-13-14(19-16(22)18)20(3)17(26)21(4)15(13)25/h10-11H,5-9H2,1-4H3/t10-,11-/m0/s1. The predicted octanol–water partition coefficient (Wildman–Crippen LogP) is -0.0987. The lowest BCUT2D eigenvalue weighted by Gasteiger charge is -2.34. The van der Waals surface area contributed by atoms with E-state index >= 15 is 0 Å². The van der Waals surface area contributed by atoms with E-state index in [0.717, 1.165) is 4.57 Å². The minimum atomic E-state index is -3.17. The SMILES string of the molecule is CC[C@H](C)N(C(=O)Cn1c(Cl)nc2c1c(=O)n(C)c(=O)n2C)[C@H]1CCS(=O)(=O)C1. The highest BCUT2D eigenvalue weighted by Crippen LogP contribution is 2.23. The molecule has 29 heavy (non-hydrogen) atoms. The fourth-order valence-corrected chi connectivity index (χ4v) is 5.72. The fourth-order valence-electron chi connectivity index (χ4n) is 3.78. The highest BCUT2D eigenvalue weighted by atomic mass is 35.5. The summed E-state index contributed by atoms with van der Waals surface area (Å²) in [5.74, 6) is -0.369. The molecule has 1 fully saturated rings. The molecule has 1 amide bonds. The van der Waals surface area contributed by atoms with Gasteiger partial charge in [-0.2, -0.15) is 4.98 Å². The number of halogens is 1. The van der Waals surface area contributed by atoms with Crippen LogP contribution in [0.5, 0.6) is 0 Å². The number of amides is 1. The van der Waals surface area contributed by atoms with Gasteiger partial charge in [0, 0.05) is 26.2 Å². The Morgan fingerprint density at radius 3 is 2.52 bits per heavy atom. The first kappa shape index (κ1) is 21.6. The highest BCUT2D eigenvalue weighted by molar-refractivity contribution is 7.91. The third kappa shape index (κ3) is 3.73. The predicted molar refractivity (Wildman–Crippen MR) is 109 cm³/mol. The first-order valence-corrected chi connectivity index (χ1v) is 11.5. The van der Waals surface area contributed by atoms with Crippen molar-refractivity contribution in [3.63, 3.8) is 0 Å². The van der Waals surface area contributed by atoms with Gasteiger partial charge in [-0.25, -0.2) is 13.2 Å². The van der Waals surface area contributed by atoms with Gasteiger partial charge in [0.05, 0.1) is 11.5 Å². The minimum Gasteiger partial charge on any atom is -0.334 e. The van der Waals surface area contributed by atoms with Crippen LogP contribution in [0.2, 0.25) is 5.28 Å². The molecule has 12 heteroatoms. The van der Waals surface area contributed by atoms with Gasteiger partial charge in [-0.15, -0.1) is 0 Å². The van der Waals surface area contributed by atoms with Crippen LogP contribution in [0.1, 0.15) is 26.7 Å². The average molecular weight is 446 g/mol. The number of imidazole rings is 1. The zero-order chi connectivity index (χ0) is 21.7. The van der Waals surface area contributed by atoms with E-state index in [0.29, 0.717) is 12.8 Å². The third-order valence-electron chi connectivity index (χ3n) is 5.55. The van der Waals surface area contributed by atoms with Gasteiger partial charge >= 0.3 is 5.69 Å². The van der Waals surface area contributed by atoms with Crippen molar-refractivity contribution in [3.8, 4) is 0 Å². The highest BCUT2D eigenvalue weighted by Gasteiger charge is 2.37. The maximum atomic E-state index is 13.2. The third-order valence-corrected chi connectivity index (χ3v) is 7.59. The molecule has 0 aliphatic carbocycles. The van der Waals surface area contributed by atoms with Crippen LogP contribution in [-0.2, 0) is 35.3 Å². The van der Waals surface area contributed by atoms with Crippen LogP contribution < -0.4 is 11.2 Å². The van der Waals surface area contributed by atoms with E-state index in [1.165, 1.54) is 23.2 Å².